The first kappa shape index (κ1) is 24.6. The summed E-state index contributed by atoms with van der Waals surface area (Å²) in [5, 5.41) is 3.07. The van der Waals surface area contributed by atoms with E-state index in [-0.39, 0.29) is 17.9 Å². The van der Waals surface area contributed by atoms with Gasteiger partial charge in [0.25, 0.3) is 11.8 Å². The lowest BCUT2D eigenvalue weighted by molar-refractivity contribution is -0.137. The van der Waals surface area contributed by atoms with Crippen molar-refractivity contribution in [3.05, 3.63) is 76.4 Å². The molecular weight excluding hydrogens is 515 g/mol. The van der Waals surface area contributed by atoms with Crippen LogP contribution in [0, 0.1) is 0 Å². The smallest absolute Gasteiger partial charge is 0.361 e. The highest BCUT2D eigenvalue weighted by Gasteiger charge is 2.37. The molecule has 2 aliphatic heterocycles. The minimum Gasteiger partial charge on any atom is -0.361 e. The Morgan fingerprint density at radius 3 is 2.47 bits per heavy atom. The average Bonchev–Trinajstić information content (AvgIpc) is 3.57. The van der Waals surface area contributed by atoms with Gasteiger partial charge in [0.05, 0.1) is 5.56 Å². The van der Waals surface area contributed by atoms with Crippen molar-refractivity contribution in [2.45, 2.75) is 12.2 Å². The molecule has 1 N–H and O–H groups in total. The number of carbonyl (C=O) groups is 2. The number of aromatic nitrogens is 2. The van der Waals surface area contributed by atoms with E-state index in [1.165, 1.54) is 17.4 Å². The van der Waals surface area contributed by atoms with Crippen LogP contribution < -0.4 is 0 Å². The molecular formula is C27H24F3N5O2S. The average molecular weight is 540 g/mol. The number of fused-ring (bicyclic) bond motifs is 1. The Hall–Kier alpha value is -3.70. The molecule has 4 aromatic rings. The van der Waals surface area contributed by atoms with Crippen molar-refractivity contribution < 1.29 is 22.8 Å². The normalized spacial score (nSPS) is 17.1. The number of halogens is 3. The van der Waals surface area contributed by atoms with Gasteiger partial charge in [-0.05, 0) is 29.8 Å². The topological polar surface area (TPSA) is 72.5 Å². The van der Waals surface area contributed by atoms with Crippen molar-refractivity contribution in [2.24, 2.45) is 0 Å². The van der Waals surface area contributed by atoms with Gasteiger partial charge in [0.15, 0.2) is 5.01 Å². The van der Waals surface area contributed by atoms with Gasteiger partial charge in [0.2, 0.25) is 0 Å². The Morgan fingerprint density at radius 1 is 0.974 bits per heavy atom. The van der Waals surface area contributed by atoms with Crippen molar-refractivity contribution >= 4 is 34.1 Å². The lowest BCUT2D eigenvalue weighted by Gasteiger charge is -2.48. The molecule has 11 heteroatoms. The van der Waals surface area contributed by atoms with Crippen LogP contribution in [0.2, 0.25) is 0 Å². The summed E-state index contributed by atoms with van der Waals surface area (Å²) in [6, 6.07) is 10.8. The first-order valence-corrected chi connectivity index (χ1v) is 13.2. The first-order chi connectivity index (χ1) is 18.3. The molecule has 2 aromatic heterocycles. The van der Waals surface area contributed by atoms with Crippen LogP contribution in [0.1, 0.15) is 25.7 Å². The number of benzene rings is 2. The number of nitrogens with zero attached hydrogens (tertiary/aromatic N) is 4. The summed E-state index contributed by atoms with van der Waals surface area (Å²) < 4.78 is 39.5. The number of thiazole rings is 1. The van der Waals surface area contributed by atoms with Crippen molar-refractivity contribution in [2.75, 3.05) is 39.3 Å². The Bertz CT molecular complexity index is 1490. The number of piperazine rings is 1. The number of carbonyl (C=O) groups excluding carboxylic acids is 2. The summed E-state index contributed by atoms with van der Waals surface area (Å²) in [7, 11) is 0. The van der Waals surface area contributed by atoms with Crippen molar-refractivity contribution in [3.63, 3.8) is 0 Å². The van der Waals surface area contributed by atoms with E-state index in [1.54, 1.807) is 46.9 Å². The molecule has 0 bridgehead atoms. The zero-order valence-corrected chi connectivity index (χ0v) is 21.1. The number of alkyl halides is 3. The van der Waals surface area contributed by atoms with Crippen LogP contribution in [0.15, 0.2) is 60.2 Å². The molecule has 0 aliphatic carbocycles. The van der Waals surface area contributed by atoms with E-state index in [0.717, 1.165) is 30.6 Å². The summed E-state index contributed by atoms with van der Waals surface area (Å²) in [6.07, 6.45) is -1.10. The number of H-pyrrole nitrogens is 1. The largest absolute Gasteiger partial charge is 0.416 e. The van der Waals surface area contributed by atoms with Gasteiger partial charge in [0, 0.05) is 85.1 Å². The number of rotatable bonds is 4. The number of hydrogen-bond acceptors (Lipinski definition) is 5. The number of amides is 2. The third kappa shape index (κ3) is 4.56. The van der Waals surface area contributed by atoms with Gasteiger partial charge in [-0.1, -0.05) is 18.2 Å². The van der Waals surface area contributed by atoms with Gasteiger partial charge in [-0.2, -0.15) is 13.2 Å². The molecule has 2 saturated heterocycles. The van der Waals surface area contributed by atoms with Crippen LogP contribution in [0.5, 0.6) is 0 Å². The molecule has 7 nitrogen and oxygen atoms in total. The van der Waals surface area contributed by atoms with Crippen molar-refractivity contribution in [3.8, 4) is 11.1 Å². The minimum atomic E-state index is -4.41. The fraction of sp³-hybridized carbons (Fsp3) is 0.296. The second kappa shape index (κ2) is 9.55. The van der Waals surface area contributed by atoms with E-state index in [9.17, 15) is 22.8 Å². The van der Waals surface area contributed by atoms with Crippen LogP contribution in [-0.4, -0.2) is 81.8 Å². The fourth-order valence-electron chi connectivity index (χ4n) is 5.15. The van der Waals surface area contributed by atoms with Gasteiger partial charge in [-0.3, -0.25) is 14.5 Å². The summed E-state index contributed by atoms with van der Waals surface area (Å²) in [6.45, 7) is 4.04. The summed E-state index contributed by atoms with van der Waals surface area (Å²) in [4.78, 5) is 38.8. The zero-order chi connectivity index (χ0) is 26.4. The Morgan fingerprint density at radius 2 is 1.76 bits per heavy atom. The van der Waals surface area contributed by atoms with Crippen LogP contribution in [-0.2, 0) is 6.18 Å². The molecule has 2 aromatic carbocycles. The number of aromatic amines is 1. The third-order valence-electron chi connectivity index (χ3n) is 7.31. The van der Waals surface area contributed by atoms with Gasteiger partial charge in [0.1, 0.15) is 0 Å². The van der Waals surface area contributed by atoms with Crippen LogP contribution in [0.3, 0.4) is 0 Å². The third-order valence-corrected chi connectivity index (χ3v) is 8.07. The number of hydrogen-bond donors (Lipinski definition) is 1. The van der Waals surface area contributed by atoms with Crippen molar-refractivity contribution in [1.82, 2.24) is 24.7 Å². The number of likely N-dealkylation sites (tertiary alicyclic amines) is 1. The Kier molecular flexibility index (Phi) is 6.19. The van der Waals surface area contributed by atoms with E-state index in [4.69, 9.17) is 0 Å². The second-order valence-electron chi connectivity index (χ2n) is 9.57. The molecule has 196 valence electrons. The SMILES string of the molecule is O=C(c1ccc2c(-c3cccc(C(F)(F)F)c3)c[nH]c2c1)N1CC(N2CCN(C(=O)c3nccs3)CC2)C1. The van der Waals surface area contributed by atoms with E-state index < -0.39 is 11.7 Å². The van der Waals surface area contributed by atoms with Gasteiger partial charge >= 0.3 is 6.18 Å². The van der Waals surface area contributed by atoms with E-state index >= 15 is 0 Å². The maximum atomic E-state index is 13.2. The fourth-order valence-corrected chi connectivity index (χ4v) is 5.75. The maximum absolute atomic E-state index is 13.2. The molecule has 6 rings (SSSR count). The lowest BCUT2D eigenvalue weighted by Crippen LogP contribution is -2.64. The van der Waals surface area contributed by atoms with E-state index in [2.05, 4.69) is 14.9 Å². The van der Waals surface area contributed by atoms with Gasteiger partial charge in [-0.15, -0.1) is 11.3 Å². The van der Waals surface area contributed by atoms with Gasteiger partial charge in [-0.25, -0.2) is 4.98 Å². The molecule has 4 heterocycles. The predicted molar refractivity (Wildman–Crippen MR) is 138 cm³/mol. The molecule has 2 amide bonds. The van der Waals surface area contributed by atoms with Gasteiger partial charge < -0.3 is 14.8 Å². The predicted octanol–water partition coefficient (Wildman–Crippen LogP) is 4.59. The van der Waals surface area contributed by atoms with Crippen LogP contribution >= 0.6 is 11.3 Å². The van der Waals surface area contributed by atoms with E-state index in [0.29, 0.717) is 53.4 Å². The molecule has 2 aliphatic rings. The monoisotopic (exact) mass is 539 g/mol. The molecule has 0 saturated carbocycles. The number of nitrogens with one attached hydrogen (secondary N) is 1. The summed E-state index contributed by atoms with van der Waals surface area (Å²) >= 11 is 1.35. The zero-order valence-electron chi connectivity index (χ0n) is 20.2. The highest BCUT2D eigenvalue weighted by atomic mass is 32.1. The summed E-state index contributed by atoms with van der Waals surface area (Å²) in [5.74, 6) is -0.100. The highest BCUT2D eigenvalue weighted by molar-refractivity contribution is 7.11. The van der Waals surface area contributed by atoms with Crippen molar-refractivity contribution in [1.29, 1.82) is 0 Å². The van der Waals surface area contributed by atoms with Crippen LogP contribution in [0.4, 0.5) is 13.2 Å². The molecule has 0 radical (unpaired) electrons. The second-order valence-corrected chi connectivity index (χ2v) is 10.5. The minimum absolute atomic E-state index is 0.0269. The molecule has 0 unspecified atom stereocenters. The molecule has 0 atom stereocenters. The Balaban J connectivity index is 1.08. The maximum Gasteiger partial charge on any atom is 0.416 e. The van der Waals surface area contributed by atoms with Crippen LogP contribution in [0.25, 0.3) is 22.0 Å². The molecule has 2 fully saturated rings. The quantitative estimate of drug-likeness (QED) is 0.412. The molecule has 38 heavy (non-hydrogen) atoms. The first-order valence-electron chi connectivity index (χ1n) is 12.3. The lowest BCUT2D eigenvalue weighted by atomic mass is 10.00. The highest BCUT2D eigenvalue weighted by Crippen LogP contribution is 2.35. The Labute approximate surface area is 220 Å². The van der Waals surface area contributed by atoms with E-state index in [1.807, 2.05) is 4.90 Å². The summed E-state index contributed by atoms with van der Waals surface area (Å²) in [5.41, 5.74) is 1.65. The standard InChI is InChI=1S/C27H24F3N5O2S/c28-27(29,30)19-3-1-2-17(12-19)22-14-32-23-13-18(4-5-21(22)23)25(36)35-15-20(16-35)33-7-9-34(10-8-33)26(37)24-31-6-11-38-24/h1-6,11-14,20,32H,7-10,15-16H2. The molecule has 0 spiro atoms.